The molecule has 0 saturated carbocycles. The maximum absolute atomic E-state index is 12.8. The van der Waals surface area contributed by atoms with Gasteiger partial charge in [-0.15, -0.1) is 0 Å². The fourth-order valence-electron chi connectivity index (χ4n) is 4.00. The van der Waals surface area contributed by atoms with Gasteiger partial charge >= 0.3 is 0 Å². The molecule has 180 valence electrons. The average Bonchev–Trinajstić information content (AvgIpc) is 2.91. The van der Waals surface area contributed by atoms with Crippen molar-refractivity contribution in [2.75, 3.05) is 25.0 Å². The zero-order valence-corrected chi connectivity index (χ0v) is 19.6. The molecule has 1 aliphatic heterocycles. The van der Waals surface area contributed by atoms with Gasteiger partial charge in [0.2, 0.25) is 5.91 Å². The van der Waals surface area contributed by atoms with Gasteiger partial charge in [0.05, 0.1) is 0 Å². The van der Waals surface area contributed by atoms with Crippen molar-refractivity contribution >= 4 is 23.6 Å². The second-order valence-electron chi connectivity index (χ2n) is 8.66. The van der Waals surface area contributed by atoms with Crippen molar-refractivity contribution in [2.24, 2.45) is 5.92 Å². The molecule has 3 aromatic rings. The first kappa shape index (κ1) is 24.2. The number of carbonyl (C=O) groups is 2. The third-order valence-electron chi connectivity index (χ3n) is 6.09. The number of likely N-dealkylation sites (tertiary alicyclic amines) is 1. The molecule has 1 heterocycles. The smallest absolute Gasteiger partial charge is 0.253 e. The van der Waals surface area contributed by atoms with Crippen molar-refractivity contribution in [1.82, 2.24) is 4.90 Å². The summed E-state index contributed by atoms with van der Waals surface area (Å²) in [6.45, 7) is 1.95. The number of aliphatic hydroxyl groups excluding tert-OH is 1. The number of anilines is 1. The van der Waals surface area contributed by atoms with Crippen LogP contribution < -0.4 is 10.1 Å². The molecule has 6 nitrogen and oxygen atoms in total. The number of hydrogen-bond acceptors (Lipinski definition) is 4. The molecule has 0 atom stereocenters. The summed E-state index contributed by atoms with van der Waals surface area (Å²) in [5, 5.41) is 12.1. The van der Waals surface area contributed by atoms with Crippen LogP contribution in [0.5, 0.6) is 5.75 Å². The Morgan fingerprint density at radius 3 is 2.43 bits per heavy atom. The third kappa shape index (κ3) is 7.04. The second-order valence-corrected chi connectivity index (χ2v) is 8.66. The maximum atomic E-state index is 12.8. The molecule has 2 amide bonds. The summed E-state index contributed by atoms with van der Waals surface area (Å²) in [4.78, 5) is 27.1. The molecule has 0 radical (unpaired) electrons. The van der Waals surface area contributed by atoms with E-state index >= 15 is 0 Å². The molecule has 0 aliphatic carbocycles. The zero-order valence-electron chi connectivity index (χ0n) is 19.6. The number of piperidine rings is 1. The van der Waals surface area contributed by atoms with Crippen molar-refractivity contribution in [2.45, 2.75) is 19.4 Å². The van der Waals surface area contributed by atoms with E-state index in [1.807, 2.05) is 54.6 Å². The van der Waals surface area contributed by atoms with Crippen LogP contribution >= 0.6 is 0 Å². The summed E-state index contributed by atoms with van der Waals surface area (Å²) in [5.41, 5.74) is 3.09. The van der Waals surface area contributed by atoms with Gasteiger partial charge in [-0.3, -0.25) is 9.59 Å². The molecule has 4 rings (SSSR count). The Morgan fingerprint density at radius 1 is 0.971 bits per heavy atom. The predicted octanol–water partition coefficient (Wildman–Crippen LogP) is 4.76. The van der Waals surface area contributed by atoms with Crippen molar-refractivity contribution in [1.29, 1.82) is 0 Å². The van der Waals surface area contributed by atoms with E-state index in [9.17, 15) is 14.7 Å². The molecule has 3 aromatic carbocycles. The monoisotopic (exact) mass is 470 g/mol. The first-order chi connectivity index (χ1) is 17.1. The number of hydrogen-bond donors (Lipinski definition) is 2. The van der Waals surface area contributed by atoms with E-state index in [4.69, 9.17) is 4.74 Å². The fraction of sp³-hybridized carbons (Fsp3) is 0.241. The van der Waals surface area contributed by atoms with Crippen LogP contribution in [-0.4, -0.2) is 41.5 Å². The molecule has 1 aliphatic rings. The predicted molar refractivity (Wildman–Crippen MR) is 137 cm³/mol. The van der Waals surface area contributed by atoms with Gasteiger partial charge in [-0.25, -0.2) is 0 Å². The SMILES string of the molecule is O=C(/C=C/c1ccc(OCc2ccccc2)cc1)Nc1cccc(C(=O)N2CCC(CO)CC2)c1. The number of carbonyl (C=O) groups excluding carboxylic acids is 2. The maximum Gasteiger partial charge on any atom is 0.253 e. The van der Waals surface area contributed by atoms with Crippen LogP contribution in [0, 0.1) is 5.92 Å². The Hall–Kier alpha value is -3.90. The second kappa shape index (κ2) is 12.0. The number of aliphatic hydroxyl groups is 1. The molecule has 2 N–H and O–H groups in total. The van der Waals surface area contributed by atoms with Crippen LogP contribution in [0.3, 0.4) is 0 Å². The normalized spacial score (nSPS) is 14.1. The van der Waals surface area contributed by atoms with Crippen LogP contribution in [0.25, 0.3) is 6.08 Å². The van der Waals surface area contributed by atoms with E-state index in [2.05, 4.69) is 5.32 Å². The number of nitrogens with one attached hydrogen (secondary N) is 1. The minimum absolute atomic E-state index is 0.0531. The number of ether oxygens (including phenoxy) is 1. The highest BCUT2D eigenvalue weighted by Gasteiger charge is 2.23. The van der Waals surface area contributed by atoms with Crippen molar-refractivity contribution in [3.05, 3.63) is 102 Å². The summed E-state index contributed by atoms with van der Waals surface area (Å²) in [5.74, 6) is 0.706. The summed E-state index contributed by atoms with van der Waals surface area (Å²) in [6.07, 6.45) is 4.82. The number of amides is 2. The van der Waals surface area contributed by atoms with E-state index < -0.39 is 0 Å². The van der Waals surface area contributed by atoms with Crippen molar-refractivity contribution in [3.8, 4) is 5.75 Å². The number of benzene rings is 3. The van der Waals surface area contributed by atoms with Crippen LogP contribution in [0.1, 0.15) is 34.3 Å². The first-order valence-electron chi connectivity index (χ1n) is 11.9. The molecule has 1 saturated heterocycles. The Kier molecular flexibility index (Phi) is 8.30. The van der Waals surface area contributed by atoms with Gasteiger partial charge < -0.3 is 20.1 Å². The van der Waals surface area contributed by atoms with E-state index in [0.717, 1.165) is 29.7 Å². The lowest BCUT2D eigenvalue weighted by Gasteiger charge is -2.31. The van der Waals surface area contributed by atoms with E-state index in [-0.39, 0.29) is 24.3 Å². The largest absolute Gasteiger partial charge is 0.489 e. The van der Waals surface area contributed by atoms with E-state index in [1.54, 1.807) is 35.2 Å². The average molecular weight is 471 g/mol. The molecular weight excluding hydrogens is 440 g/mol. The lowest BCUT2D eigenvalue weighted by Crippen LogP contribution is -2.39. The lowest BCUT2D eigenvalue weighted by atomic mass is 9.97. The number of rotatable bonds is 8. The first-order valence-corrected chi connectivity index (χ1v) is 11.9. The summed E-state index contributed by atoms with van der Waals surface area (Å²) in [6, 6.07) is 24.5. The van der Waals surface area contributed by atoms with E-state index in [1.165, 1.54) is 6.08 Å². The van der Waals surface area contributed by atoms with Gasteiger partial charge in [0.15, 0.2) is 0 Å². The lowest BCUT2D eigenvalue weighted by molar-refractivity contribution is -0.111. The summed E-state index contributed by atoms with van der Waals surface area (Å²) < 4.78 is 5.79. The third-order valence-corrected chi connectivity index (χ3v) is 6.09. The van der Waals surface area contributed by atoms with Gasteiger partial charge in [-0.05, 0) is 66.3 Å². The highest BCUT2D eigenvalue weighted by atomic mass is 16.5. The fourth-order valence-corrected chi connectivity index (χ4v) is 4.00. The van der Waals surface area contributed by atoms with Crippen LogP contribution in [0.4, 0.5) is 5.69 Å². The quantitative estimate of drug-likeness (QED) is 0.465. The minimum atomic E-state index is -0.275. The van der Waals surface area contributed by atoms with Crippen molar-refractivity contribution in [3.63, 3.8) is 0 Å². The van der Waals surface area contributed by atoms with Gasteiger partial charge in [0.25, 0.3) is 5.91 Å². The molecule has 35 heavy (non-hydrogen) atoms. The van der Waals surface area contributed by atoms with Gasteiger partial charge in [0.1, 0.15) is 12.4 Å². The van der Waals surface area contributed by atoms with Gasteiger partial charge in [-0.1, -0.05) is 48.5 Å². The molecule has 0 spiro atoms. The van der Waals surface area contributed by atoms with Crippen molar-refractivity contribution < 1.29 is 19.4 Å². The summed E-state index contributed by atoms with van der Waals surface area (Å²) >= 11 is 0. The number of nitrogens with zero attached hydrogens (tertiary/aromatic N) is 1. The topological polar surface area (TPSA) is 78.9 Å². The Morgan fingerprint density at radius 2 is 1.71 bits per heavy atom. The molecule has 0 aromatic heterocycles. The Balaban J connectivity index is 1.29. The Bertz CT molecular complexity index is 1150. The molecule has 1 fully saturated rings. The highest BCUT2D eigenvalue weighted by molar-refractivity contribution is 6.03. The molecular formula is C29H30N2O4. The molecule has 0 unspecified atom stereocenters. The van der Waals surface area contributed by atoms with Crippen LogP contribution in [-0.2, 0) is 11.4 Å². The van der Waals surface area contributed by atoms with Gasteiger partial charge in [0, 0.05) is 37.0 Å². The summed E-state index contributed by atoms with van der Waals surface area (Å²) in [7, 11) is 0. The standard InChI is InChI=1S/C29H30N2O4/c32-20-23-15-17-31(18-16-23)29(34)25-7-4-8-26(19-25)30-28(33)14-11-22-9-12-27(13-10-22)35-21-24-5-2-1-3-6-24/h1-14,19,23,32H,15-18,20-21H2,(H,30,33)/b14-11+. The minimum Gasteiger partial charge on any atom is -0.489 e. The molecule has 0 bridgehead atoms. The van der Waals surface area contributed by atoms with Crippen LogP contribution in [0.2, 0.25) is 0 Å². The van der Waals surface area contributed by atoms with Gasteiger partial charge in [-0.2, -0.15) is 0 Å². The van der Waals surface area contributed by atoms with Crippen LogP contribution in [0.15, 0.2) is 84.9 Å². The molecule has 6 heteroatoms. The zero-order chi connectivity index (χ0) is 24.5. The highest BCUT2D eigenvalue weighted by Crippen LogP contribution is 2.20. The van der Waals surface area contributed by atoms with E-state index in [0.29, 0.717) is 30.9 Å². The Labute approximate surface area is 205 Å².